The molecule has 0 bridgehead atoms. The number of benzene rings is 1. The van der Waals surface area contributed by atoms with Gasteiger partial charge in [-0.15, -0.1) is 0 Å². The maximum atomic E-state index is 12.0. The normalized spacial score (nSPS) is 10.5. The van der Waals surface area contributed by atoms with Crippen LogP contribution in [0, 0.1) is 30.9 Å². The smallest absolute Gasteiger partial charge is 0.269 e. The molecule has 116 valence electrons. The van der Waals surface area contributed by atoms with E-state index >= 15 is 0 Å². The molecule has 7 heteroatoms. The van der Waals surface area contributed by atoms with Gasteiger partial charge in [-0.1, -0.05) is 0 Å². The Kier molecular flexibility index (Phi) is 4.55. The number of hydrogen-bond acceptors (Lipinski definition) is 4. The van der Waals surface area contributed by atoms with Crippen LogP contribution >= 0.6 is 0 Å². The van der Waals surface area contributed by atoms with Crippen LogP contribution < -0.4 is 5.32 Å². The van der Waals surface area contributed by atoms with Crippen LogP contribution in [0.2, 0.25) is 0 Å². The number of rotatable bonds is 5. The molecule has 0 saturated heterocycles. The number of carbonyl (C=O) groups excluding carboxylic acids is 1. The van der Waals surface area contributed by atoms with Crippen molar-refractivity contribution < 1.29 is 9.72 Å². The van der Waals surface area contributed by atoms with Crippen molar-refractivity contribution in [3.63, 3.8) is 0 Å². The minimum absolute atomic E-state index is 0.0122. The van der Waals surface area contributed by atoms with E-state index in [1.807, 2.05) is 19.9 Å². The van der Waals surface area contributed by atoms with Gasteiger partial charge < -0.3 is 5.32 Å². The average molecular weight is 302 g/mol. The zero-order chi connectivity index (χ0) is 16.3. The molecule has 0 saturated carbocycles. The third kappa shape index (κ3) is 3.69. The van der Waals surface area contributed by atoms with Crippen molar-refractivity contribution >= 4 is 17.3 Å². The second-order valence-electron chi connectivity index (χ2n) is 5.20. The number of nitrogens with zero attached hydrogens (tertiary/aromatic N) is 3. The van der Waals surface area contributed by atoms with E-state index in [1.54, 1.807) is 17.7 Å². The standard InChI is InChI=1S/C15H18N4O3/c1-10-8-13(19(21)22)4-5-14(10)16-15(20)6-7-18-12(3)9-11(2)17-18/h4-5,8-9H,6-7H2,1-3H3,(H,16,20). The van der Waals surface area contributed by atoms with Crippen LogP contribution in [0.4, 0.5) is 11.4 Å². The van der Waals surface area contributed by atoms with E-state index in [1.165, 1.54) is 12.1 Å². The summed E-state index contributed by atoms with van der Waals surface area (Å²) in [5.41, 5.74) is 3.19. The highest BCUT2D eigenvalue weighted by Crippen LogP contribution is 2.21. The van der Waals surface area contributed by atoms with Crippen LogP contribution in [0.15, 0.2) is 24.3 Å². The molecule has 1 aromatic carbocycles. The van der Waals surface area contributed by atoms with Gasteiger partial charge in [0.2, 0.25) is 5.91 Å². The van der Waals surface area contributed by atoms with E-state index < -0.39 is 4.92 Å². The second-order valence-corrected chi connectivity index (χ2v) is 5.20. The lowest BCUT2D eigenvalue weighted by Gasteiger charge is -2.09. The first kappa shape index (κ1) is 15.7. The zero-order valence-electron chi connectivity index (χ0n) is 12.8. The Morgan fingerprint density at radius 1 is 1.32 bits per heavy atom. The van der Waals surface area contributed by atoms with Gasteiger partial charge in [0.1, 0.15) is 0 Å². The molecule has 0 radical (unpaired) electrons. The number of nitro benzene ring substituents is 1. The Bertz CT molecular complexity index is 722. The summed E-state index contributed by atoms with van der Waals surface area (Å²) in [5.74, 6) is -0.149. The van der Waals surface area contributed by atoms with E-state index in [4.69, 9.17) is 0 Å². The molecular formula is C15H18N4O3. The van der Waals surface area contributed by atoms with Gasteiger partial charge in [0, 0.05) is 36.5 Å². The molecule has 0 aliphatic rings. The van der Waals surface area contributed by atoms with Gasteiger partial charge in [0.05, 0.1) is 10.6 Å². The molecule has 2 rings (SSSR count). The minimum Gasteiger partial charge on any atom is -0.326 e. The highest BCUT2D eigenvalue weighted by molar-refractivity contribution is 5.91. The van der Waals surface area contributed by atoms with Crippen LogP contribution in [0.25, 0.3) is 0 Å². The SMILES string of the molecule is Cc1cc(C)n(CCC(=O)Nc2ccc([N+](=O)[O-])cc2C)n1. The largest absolute Gasteiger partial charge is 0.326 e. The molecule has 2 aromatic rings. The Hall–Kier alpha value is -2.70. The zero-order valence-corrected chi connectivity index (χ0v) is 12.8. The molecule has 0 atom stereocenters. The number of carbonyl (C=O) groups is 1. The lowest BCUT2D eigenvalue weighted by atomic mass is 10.1. The van der Waals surface area contributed by atoms with E-state index in [2.05, 4.69) is 10.4 Å². The van der Waals surface area contributed by atoms with Crippen molar-refractivity contribution in [3.05, 3.63) is 51.3 Å². The van der Waals surface area contributed by atoms with Gasteiger partial charge in [-0.3, -0.25) is 19.6 Å². The maximum absolute atomic E-state index is 12.0. The third-order valence-corrected chi connectivity index (χ3v) is 3.35. The summed E-state index contributed by atoms with van der Waals surface area (Å²) >= 11 is 0. The number of aryl methyl sites for hydroxylation is 4. The number of non-ortho nitro benzene ring substituents is 1. The lowest BCUT2D eigenvalue weighted by Crippen LogP contribution is -2.16. The van der Waals surface area contributed by atoms with E-state index in [0.717, 1.165) is 11.4 Å². The summed E-state index contributed by atoms with van der Waals surface area (Å²) in [4.78, 5) is 22.2. The number of amides is 1. The van der Waals surface area contributed by atoms with Gasteiger partial charge in [-0.05, 0) is 38.5 Å². The molecule has 0 fully saturated rings. The quantitative estimate of drug-likeness (QED) is 0.679. The fraction of sp³-hybridized carbons (Fsp3) is 0.333. The van der Waals surface area contributed by atoms with Crippen LogP contribution in [-0.2, 0) is 11.3 Å². The van der Waals surface area contributed by atoms with Gasteiger partial charge >= 0.3 is 0 Å². The number of nitro groups is 1. The number of aromatic nitrogens is 2. The minimum atomic E-state index is -0.457. The van der Waals surface area contributed by atoms with Gasteiger partial charge in [-0.2, -0.15) is 5.10 Å². The van der Waals surface area contributed by atoms with Crippen LogP contribution in [0.1, 0.15) is 23.4 Å². The highest BCUT2D eigenvalue weighted by atomic mass is 16.6. The Morgan fingerprint density at radius 3 is 2.59 bits per heavy atom. The fourth-order valence-electron chi connectivity index (χ4n) is 2.22. The molecule has 0 spiro atoms. The van der Waals surface area contributed by atoms with Crippen molar-refractivity contribution in [1.82, 2.24) is 9.78 Å². The molecule has 1 N–H and O–H groups in total. The van der Waals surface area contributed by atoms with Crippen molar-refractivity contribution in [3.8, 4) is 0 Å². The van der Waals surface area contributed by atoms with Crippen LogP contribution in [-0.4, -0.2) is 20.6 Å². The van der Waals surface area contributed by atoms with Gasteiger partial charge in [-0.25, -0.2) is 0 Å². The van der Waals surface area contributed by atoms with E-state index in [-0.39, 0.29) is 11.6 Å². The average Bonchev–Trinajstić information content (AvgIpc) is 2.76. The molecule has 1 amide bonds. The molecule has 1 aromatic heterocycles. The fourth-order valence-corrected chi connectivity index (χ4v) is 2.22. The van der Waals surface area contributed by atoms with Crippen LogP contribution in [0.5, 0.6) is 0 Å². The topological polar surface area (TPSA) is 90.1 Å². The molecular weight excluding hydrogens is 284 g/mol. The first-order valence-corrected chi connectivity index (χ1v) is 6.93. The monoisotopic (exact) mass is 302 g/mol. The summed E-state index contributed by atoms with van der Waals surface area (Å²) in [6.07, 6.45) is 0.290. The Morgan fingerprint density at radius 2 is 2.05 bits per heavy atom. The summed E-state index contributed by atoms with van der Waals surface area (Å²) in [6, 6.07) is 6.33. The first-order valence-electron chi connectivity index (χ1n) is 6.93. The number of anilines is 1. The highest BCUT2D eigenvalue weighted by Gasteiger charge is 2.11. The molecule has 7 nitrogen and oxygen atoms in total. The third-order valence-electron chi connectivity index (χ3n) is 3.35. The van der Waals surface area contributed by atoms with Crippen molar-refractivity contribution in [2.24, 2.45) is 0 Å². The number of hydrogen-bond donors (Lipinski definition) is 1. The predicted octanol–water partition coefficient (Wildman–Crippen LogP) is 2.75. The molecule has 22 heavy (non-hydrogen) atoms. The first-order chi connectivity index (χ1) is 10.4. The maximum Gasteiger partial charge on any atom is 0.269 e. The molecule has 0 unspecified atom stereocenters. The Balaban J connectivity index is 1.97. The summed E-state index contributed by atoms with van der Waals surface area (Å²) in [5, 5.41) is 17.8. The van der Waals surface area contributed by atoms with E-state index in [9.17, 15) is 14.9 Å². The molecule has 0 aliphatic heterocycles. The molecule has 0 aliphatic carbocycles. The van der Waals surface area contributed by atoms with Crippen molar-refractivity contribution in [2.45, 2.75) is 33.7 Å². The predicted molar refractivity (Wildman–Crippen MR) is 82.8 cm³/mol. The van der Waals surface area contributed by atoms with Crippen molar-refractivity contribution in [2.75, 3.05) is 5.32 Å². The van der Waals surface area contributed by atoms with Crippen molar-refractivity contribution in [1.29, 1.82) is 0 Å². The summed E-state index contributed by atoms with van der Waals surface area (Å²) in [6.45, 7) is 6.07. The number of nitrogens with one attached hydrogen (secondary N) is 1. The second kappa shape index (κ2) is 6.38. The van der Waals surface area contributed by atoms with Crippen LogP contribution in [0.3, 0.4) is 0 Å². The van der Waals surface area contributed by atoms with Gasteiger partial charge in [0.15, 0.2) is 0 Å². The summed E-state index contributed by atoms with van der Waals surface area (Å²) < 4.78 is 1.79. The Labute approximate surface area is 128 Å². The summed E-state index contributed by atoms with van der Waals surface area (Å²) in [7, 11) is 0. The van der Waals surface area contributed by atoms with Gasteiger partial charge in [0.25, 0.3) is 5.69 Å². The molecule has 1 heterocycles. The van der Waals surface area contributed by atoms with E-state index in [0.29, 0.717) is 24.2 Å². The lowest BCUT2D eigenvalue weighted by molar-refractivity contribution is -0.384.